The van der Waals surface area contributed by atoms with Crippen molar-refractivity contribution < 1.29 is 23.8 Å². The number of para-hydroxylation sites is 1. The number of carbonyl (C=O) groups is 2. The van der Waals surface area contributed by atoms with Crippen LogP contribution in [0.2, 0.25) is 0 Å². The highest BCUT2D eigenvalue weighted by molar-refractivity contribution is 7.09. The van der Waals surface area contributed by atoms with Gasteiger partial charge in [0.25, 0.3) is 0 Å². The summed E-state index contributed by atoms with van der Waals surface area (Å²) in [7, 11) is 1.53. The smallest absolute Gasteiger partial charge is 0.338 e. The van der Waals surface area contributed by atoms with Gasteiger partial charge in [0.2, 0.25) is 5.91 Å². The van der Waals surface area contributed by atoms with Crippen LogP contribution in [0, 0.1) is 6.92 Å². The molecule has 8 heteroatoms. The maximum Gasteiger partial charge on any atom is 0.338 e. The highest BCUT2D eigenvalue weighted by Crippen LogP contribution is 2.28. The molecule has 0 aliphatic heterocycles. The molecule has 0 saturated carbocycles. The van der Waals surface area contributed by atoms with E-state index in [1.165, 1.54) is 18.4 Å². The largest absolute Gasteiger partial charge is 0.493 e. The number of nitrogens with one attached hydrogen (secondary N) is 1. The van der Waals surface area contributed by atoms with Crippen molar-refractivity contribution in [1.29, 1.82) is 0 Å². The maximum absolute atomic E-state index is 12.5. The Hall–Kier alpha value is -3.39. The molecule has 3 aromatic rings. The van der Waals surface area contributed by atoms with E-state index in [9.17, 15) is 9.59 Å². The van der Waals surface area contributed by atoms with E-state index in [1.54, 1.807) is 23.6 Å². The molecule has 1 heterocycles. The van der Waals surface area contributed by atoms with Crippen LogP contribution in [0.1, 0.15) is 46.4 Å². The normalized spacial score (nSPS) is 10.5. The molecule has 1 N–H and O–H groups in total. The number of thiazole rings is 1. The van der Waals surface area contributed by atoms with Gasteiger partial charge in [0.15, 0.2) is 11.5 Å². The SMILES string of the molecule is CCCCOc1ccc(C(=O)OCc2csc(CC(=O)Nc3ccccc3C)n2)cc1OC. The van der Waals surface area contributed by atoms with Gasteiger partial charge in [0.1, 0.15) is 11.6 Å². The Morgan fingerprint density at radius 1 is 1.12 bits per heavy atom. The van der Waals surface area contributed by atoms with Crippen molar-refractivity contribution in [3.05, 3.63) is 69.7 Å². The lowest BCUT2D eigenvalue weighted by atomic mass is 10.2. The van der Waals surface area contributed by atoms with Crippen molar-refractivity contribution in [1.82, 2.24) is 4.98 Å². The minimum absolute atomic E-state index is 0.0197. The van der Waals surface area contributed by atoms with Crippen molar-refractivity contribution in [2.75, 3.05) is 19.0 Å². The molecule has 0 spiro atoms. The fourth-order valence-corrected chi connectivity index (χ4v) is 3.78. The zero-order valence-electron chi connectivity index (χ0n) is 19.1. The van der Waals surface area contributed by atoms with Crippen LogP contribution in [-0.2, 0) is 22.6 Å². The van der Waals surface area contributed by atoms with Gasteiger partial charge in [-0.2, -0.15) is 0 Å². The van der Waals surface area contributed by atoms with Crippen molar-refractivity contribution in [3.8, 4) is 11.5 Å². The van der Waals surface area contributed by atoms with Gasteiger partial charge in [0.05, 0.1) is 31.4 Å². The third-order valence-corrected chi connectivity index (χ3v) is 5.73. The number of aryl methyl sites for hydroxylation is 1. The van der Waals surface area contributed by atoms with E-state index in [2.05, 4.69) is 17.2 Å². The monoisotopic (exact) mass is 468 g/mol. The second kappa shape index (κ2) is 12.0. The highest BCUT2D eigenvalue weighted by atomic mass is 32.1. The number of anilines is 1. The van der Waals surface area contributed by atoms with Crippen LogP contribution in [0.25, 0.3) is 0 Å². The molecule has 0 atom stereocenters. The molecular formula is C25H28N2O5S. The van der Waals surface area contributed by atoms with E-state index < -0.39 is 5.97 Å². The van der Waals surface area contributed by atoms with Crippen molar-refractivity contribution in [2.24, 2.45) is 0 Å². The molecule has 0 fully saturated rings. The van der Waals surface area contributed by atoms with Gasteiger partial charge in [0, 0.05) is 11.1 Å². The number of benzene rings is 2. The lowest BCUT2D eigenvalue weighted by molar-refractivity contribution is -0.115. The Bertz CT molecular complexity index is 1100. The molecule has 33 heavy (non-hydrogen) atoms. The fourth-order valence-electron chi connectivity index (χ4n) is 3.00. The summed E-state index contributed by atoms with van der Waals surface area (Å²) in [6.45, 7) is 4.64. The van der Waals surface area contributed by atoms with Gasteiger partial charge in [-0.3, -0.25) is 4.79 Å². The van der Waals surface area contributed by atoms with Crippen molar-refractivity contribution in [2.45, 2.75) is 39.7 Å². The standard InChI is InChI=1S/C25H28N2O5S/c1-4-5-12-31-21-11-10-18(13-22(21)30-3)25(29)32-15-19-16-33-24(26-19)14-23(28)27-20-9-7-6-8-17(20)2/h6-11,13,16H,4-5,12,14-15H2,1-3H3,(H,27,28). The molecule has 3 rings (SSSR count). The van der Waals surface area contributed by atoms with Gasteiger partial charge in [-0.05, 0) is 43.2 Å². The number of ether oxygens (including phenoxy) is 3. The summed E-state index contributed by atoms with van der Waals surface area (Å²) in [5.41, 5.74) is 2.74. The Balaban J connectivity index is 1.52. The predicted molar refractivity (Wildman–Crippen MR) is 128 cm³/mol. The Labute approximate surface area is 197 Å². The first-order chi connectivity index (χ1) is 16.0. The van der Waals surface area contributed by atoms with Gasteiger partial charge >= 0.3 is 5.97 Å². The first kappa shape index (κ1) is 24.3. The number of hydrogen-bond donors (Lipinski definition) is 1. The average Bonchev–Trinajstić information content (AvgIpc) is 3.26. The van der Waals surface area contributed by atoms with Crippen LogP contribution in [0.15, 0.2) is 47.8 Å². The minimum atomic E-state index is -0.486. The van der Waals surface area contributed by atoms with E-state index in [4.69, 9.17) is 14.2 Å². The van der Waals surface area contributed by atoms with Gasteiger partial charge < -0.3 is 19.5 Å². The van der Waals surface area contributed by atoms with Gasteiger partial charge in [-0.1, -0.05) is 31.5 Å². The first-order valence-corrected chi connectivity index (χ1v) is 11.6. The number of hydrogen-bond acceptors (Lipinski definition) is 7. The Morgan fingerprint density at radius 2 is 1.94 bits per heavy atom. The van der Waals surface area contributed by atoms with E-state index in [0.717, 1.165) is 24.1 Å². The lowest BCUT2D eigenvalue weighted by Gasteiger charge is -2.11. The number of amides is 1. The number of aromatic nitrogens is 1. The van der Waals surface area contributed by atoms with Crippen LogP contribution >= 0.6 is 11.3 Å². The summed E-state index contributed by atoms with van der Waals surface area (Å²) in [6.07, 6.45) is 2.13. The number of esters is 1. The molecule has 0 bridgehead atoms. The maximum atomic E-state index is 12.5. The number of methoxy groups -OCH3 is 1. The lowest BCUT2D eigenvalue weighted by Crippen LogP contribution is -2.15. The summed E-state index contributed by atoms with van der Waals surface area (Å²) in [4.78, 5) is 29.2. The van der Waals surface area contributed by atoms with Crippen LogP contribution in [0.4, 0.5) is 5.69 Å². The predicted octanol–water partition coefficient (Wildman–Crippen LogP) is 5.18. The molecule has 1 amide bonds. The second-order valence-corrected chi connectivity index (χ2v) is 8.36. The third-order valence-electron chi connectivity index (χ3n) is 4.84. The fraction of sp³-hybridized carbons (Fsp3) is 0.320. The summed E-state index contributed by atoms with van der Waals surface area (Å²) in [5, 5.41) is 5.33. The van der Waals surface area contributed by atoms with Gasteiger partial charge in [-0.15, -0.1) is 11.3 Å². The highest BCUT2D eigenvalue weighted by Gasteiger charge is 2.14. The van der Waals surface area contributed by atoms with Crippen LogP contribution in [0.3, 0.4) is 0 Å². The summed E-state index contributed by atoms with van der Waals surface area (Å²) >= 11 is 1.36. The molecule has 1 aromatic heterocycles. The number of unbranched alkanes of at least 4 members (excludes halogenated alkanes) is 1. The number of nitrogens with zero attached hydrogens (tertiary/aromatic N) is 1. The Morgan fingerprint density at radius 3 is 2.70 bits per heavy atom. The van der Waals surface area contributed by atoms with E-state index in [0.29, 0.717) is 34.4 Å². The van der Waals surface area contributed by atoms with Crippen molar-refractivity contribution in [3.63, 3.8) is 0 Å². The number of rotatable bonds is 11. The van der Waals surface area contributed by atoms with Crippen LogP contribution in [0.5, 0.6) is 11.5 Å². The van der Waals surface area contributed by atoms with Crippen LogP contribution < -0.4 is 14.8 Å². The second-order valence-electron chi connectivity index (χ2n) is 7.42. The molecule has 0 saturated heterocycles. The molecule has 0 radical (unpaired) electrons. The molecule has 0 aliphatic carbocycles. The van der Waals surface area contributed by atoms with E-state index >= 15 is 0 Å². The van der Waals surface area contributed by atoms with Crippen molar-refractivity contribution >= 4 is 28.9 Å². The minimum Gasteiger partial charge on any atom is -0.493 e. The summed E-state index contributed by atoms with van der Waals surface area (Å²) < 4.78 is 16.4. The van der Waals surface area contributed by atoms with E-state index in [1.807, 2.05) is 31.2 Å². The molecule has 0 unspecified atom stereocenters. The Kier molecular flexibility index (Phi) is 8.83. The third kappa shape index (κ3) is 7.05. The molecular weight excluding hydrogens is 440 g/mol. The molecule has 174 valence electrons. The van der Waals surface area contributed by atoms with E-state index in [-0.39, 0.29) is 18.9 Å². The topological polar surface area (TPSA) is 86.8 Å². The van der Waals surface area contributed by atoms with Crippen LogP contribution in [-0.4, -0.2) is 30.6 Å². The molecule has 0 aliphatic rings. The van der Waals surface area contributed by atoms with Gasteiger partial charge in [-0.25, -0.2) is 9.78 Å². The first-order valence-electron chi connectivity index (χ1n) is 10.8. The summed E-state index contributed by atoms with van der Waals surface area (Å²) in [5.74, 6) is 0.447. The molecule has 2 aromatic carbocycles. The number of carbonyl (C=O) groups excluding carboxylic acids is 2. The quantitative estimate of drug-likeness (QED) is 0.308. The average molecular weight is 469 g/mol. The molecule has 7 nitrogen and oxygen atoms in total. The zero-order valence-corrected chi connectivity index (χ0v) is 19.9. The summed E-state index contributed by atoms with van der Waals surface area (Å²) in [6, 6.07) is 12.6. The zero-order chi connectivity index (χ0) is 23.6.